The molecule has 0 radical (unpaired) electrons. The second kappa shape index (κ2) is 20.7. The van der Waals surface area contributed by atoms with Crippen molar-refractivity contribution in [3.05, 3.63) is 71.5 Å². The lowest BCUT2D eigenvalue weighted by Crippen LogP contribution is -2.54. The molecule has 1 aromatic carbocycles. The summed E-state index contributed by atoms with van der Waals surface area (Å²) in [7, 11) is 0. The minimum absolute atomic E-state index is 0.0179. The van der Waals surface area contributed by atoms with Crippen molar-refractivity contribution in [1.82, 2.24) is 34.9 Å². The zero-order chi connectivity index (χ0) is 47.0. The first-order valence-electron chi connectivity index (χ1n) is 20.7. The number of carbonyl (C=O) groups excluding carboxylic acids is 7. The van der Waals surface area contributed by atoms with Gasteiger partial charge < -0.3 is 45.2 Å². The van der Waals surface area contributed by atoms with Crippen LogP contribution in [-0.2, 0) is 28.6 Å². The number of carbonyl (C=O) groups is 7. The van der Waals surface area contributed by atoms with E-state index in [9.17, 15) is 46.7 Å². The van der Waals surface area contributed by atoms with Gasteiger partial charge in [0, 0.05) is 49.7 Å². The molecule has 22 nitrogen and oxygen atoms in total. The molecule has 3 aliphatic heterocycles. The predicted octanol–water partition coefficient (Wildman–Crippen LogP) is 1.99. The summed E-state index contributed by atoms with van der Waals surface area (Å²) in [6.45, 7) is 0.706. The fourth-order valence-corrected chi connectivity index (χ4v) is 7.39. The summed E-state index contributed by atoms with van der Waals surface area (Å²) in [4.78, 5) is 98.9. The van der Waals surface area contributed by atoms with Gasteiger partial charge in [-0.15, -0.1) is 0 Å². The monoisotopic (exact) mass is 923 g/mol. The highest BCUT2D eigenvalue weighted by Gasteiger charge is 2.45. The van der Waals surface area contributed by atoms with E-state index in [1.807, 2.05) is 0 Å². The third-order valence-electron chi connectivity index (χ3n) is 10.6. The molecule has 7 rings (SSSR count). The number of nitrogens with two attached hydrogens (primary N) is 1. The van der Waals surface area contributed by atoms with E-state index in [1.54, 1.807) is 17.0 Å². The van der Waals surface area contributed by atoms with Crippen LogP contribution >= 0.6 is 0 Å². The van der Waals surface area contributed by atoms with Crippen LogP contribution in [0.25, 0.3) is 11.5 Å². The molecule has 1 unspecified atom stereocenters. The number of likely N-dealkylation sites (tertiary alicyclic amines) is 1. The van der Waals surface area contributed by atoms with Crippen LogP contribution in [0.15, 0.2) is 53.4 Å². The molecule has 2 fully saturated rings. The maximum Gasteiger partial charge on any atom is 0.405 e. The zero-order valence-electron chi connectivity index (χ0n) is 35.1. The van der Waals surface area contributed by atoms with E-state index in [1.165, 1.54) is 35.3 Å². The van der Waals surface area contributed by atoms with Crippen molar-refractivity contribution in [3.8, 4) is 11.5 Å². The van der Waals surface area contributed by atoms with E-state index in [0.29, 0.717) is 38.2 Å². The predicted molar refractivity (Wildman–Crippen MR) is 222 cm³/mol. The quantitative estimate of drug-likeness (QED) is 0.0626. The van der Waals surface area contributed by atoms with Crippen LogP contribution in [0.3, 0.4) is 0 Å². The molecule has 2 saturated heterocycles. The Labute approximate surface area is 372 Å². The van der Waals surface area contributed by atoms with Crippen molar-refractivity contribution >= 4 is 58.5 Å². The molecule has 0 aliphatic carbocycles. The number of fused-ring (bicyclic) bond motifs is 1. The van der Waals surface area contributed by atoms with Crippen molar-refractivity contribution in [1.29, 1.82) is 0 Å². The van der Waals surface area contributed by atoms with Crippen LogP contribution < -0.4 is 27.0 Å². The maximum absolute atomic E-state index is 13.2. The minimum atomic E-state index is -4.46. The number of nitrogens with zero attached hydrogens (tertiary/aromatic N) is 6. The van der Waals surface area contributed by atoms with Gasteiger partial charge in [-0.1, -0.05) is 6.07 Å². The SMILES string of the molecule is NC(=O)c1nn(C2CCN(C(=O)COCCOCCOCCNc3cccc4c3C(=O)N(C3CCC(=O)NC3=O)C4=O)CC2)cc1NC(=O)c1coc(-c2ccnc(NCC(F)(F)F)c2)n1. The lowest BCUT2D eigenvalue weighted by molar-refractivity contribution is -0.138. The molecule has 1 atom stereocenters. The van der Waals surface area contributed by atoms with Gasteiger partial charge in [0.1, 0.15) is 31.3 Å². The molecule has 66 heavy (non-hydrogen) atoms. The molecule has 6 N–H and O–H groups in total. The Morgan fingerprint density at radius 2 is 1.67 bits per heavy atom. The van der Waals surface area contributed by atoms with Crippen LogP contribution in [0.2, 0.25) is 0 Å². The summed E-state index contributed by atoms with van der Waals surface area (Å²) in [5.41, 5.74) is 6.18. The largest absolute Gasteiger partial charge is 0.444 e. The van der Waals surface area contributed by atoms with Crippen LogP contribution in [-0.4, -0.2) is 149 Å². The number of primary amides is 1. The third-order valence-corrected chi connectivity index (χ3v) is 10.6. The summed E-state index contributed by atoms with van der Waals surface area (Å²) < 4.78 is 61.4. The molecule has 0 saturated carbocycles. The highest BCUT2D eigenvalue weighted by molar-refractivity contribution is 6.25. The first-order chi connectivity index (χ1) is 31.7. The van der Waals surface area contributed by atoms with Crippen molar-refractivity contribution in [2.24, 2.45) is 5.73 Å². The number of hydrogen-bond acceptors (Lipinski definition) is 16. The number of pyridine rings is 1. The average Bonchev–Trinajstić information content (AvgIpc) is 4.02. The maximum atomic E-state index is 13.2. The first-order valence-corrected chi connectivity index (χ1v) is 20.7. The minimum Gasteiger partial charge on any atom is -0.444 e. The number of nitrogens with one attached hydrogen (secondary N) is 4. The molecule has 3 aromatic heterocycles. The van der Waals surface area contributed by atoms with Gasteiger partial charge in [0.05, 0.1) is 55.9 Å². The number of anilines is 3. The van der Waals surface area contributed by atoms with E-state index in [-0.39, 0.29) is 110 Å². The number of imide groups is 2. The zero-order valence-corrected chi connectivity index (χ0v) is 35.1. The Morgan fingerprint density at radius 3 is 2.39 bits per heavy atom. The number of hydrogen-bond donors (Lipinski definition) is 5. The number of aromatic nitrogens is 4. The smallest absolute Gasteiger partial charge is 0.405 e. The summed E-state index contributed by atoms with van der Waals surface area (Å²) >= 11 is 0. The van der Waals surface area contributed by atoms with Gasteiger partial charge in [0.15, 0.2) is 11.4 Å². The van der Waals surface area contributed by atoms with Gasteiger partial charge in [-0.3, -0.25) is 48.5 Å². The Morgan fingerprint density at radius 1 is 0.924 bits per heavy atom. The Balaban J connectivity index is 0.770. The normalized spacial score (nSPS) is 16.6. The molecule has 4 aromatic rings. The second-order valence-electron chi connectivity index (χ2n) is 15.1. The van der Waals surface area contributed by atoms with E-state index >= 15 is 0 Å². The third kappa shape index (κ3) is 11.3. The summed E-state index contributed by atoms with van der Waals surface area (Å²) in [6.07, 6.45) is 0.334. The number of piperidine rings is 2. The van der Waals surface area contributed by atoms with Crippen LogP contribution in [0.5, 0.6) is 0 Å². The number of oxazole rings is 1. The number of alkyl halides is 3. The molecule has 3 aliphatic rings. The van der Waals surface area contributed by atoms with E-state index in [2.05, 4.69) is 36.3 Å². The molecule has 6 heterocycles. The number of rotatable bonds is 20. The summed E-state index contributed by atoms with van der Waals surface area (Å²) in [5.74, 6) is -4.36. The summed E-state index contributed by atoms with van der Waals surface area (Å²) in [6, 6.07) is 6.21. The standard InChI is InChI=1S/C41H44F3N11O11/c42-41(43,44)22-48-30-18-23(6-9-47-30)38-50-28(20-66-38)36(59)49-27-19-54(52-34(27)35(45)58)24-7-11-53(12-8-24)32(57)21-65-17-16-64-15-14-63-13-10-46-26-3-1-2-25-33(26)40(62)55(39(25)61)29-4-5-31(56)51-37(29)60/h1-3,6,9,18-20,24,29,46H,4-5,7-8,10-17,21-22H2,(H2,45,58)(H,47,48)(H,49,59)(H,51,56,60). The van der Waals surface area contributed by atoms with Crippen LogP contribution in [0.1, 0.15) is 73.4 Å². The van der Waals surface area contributed by atoms with Gasteiger partial charge >= 0.3 is 6.18 Å². The molecule has 0 bridgehead atoms. The topological polar surface area (TPSA) is 285 Å². The van der Waals surface area contributed by atoms with E-state index < -0.39 is 54.2 Å². The van der Waals surface area contributed by atoms with Crippen molar-refractivity contribution in [2.75, 3.05) is 81.8 Å². The highest BCUT2D eigenvalue weighted by atomic mass is 19.4. The van der Waals surface area contributed by atoms with Crippen LogP contribution in [0, 0.1) is 0 Å². The summed E-state index contributed by atoms with van der Waals surface area (Å²) in [5, 5.41) is 14.3. The van der Waals surface area contributed by atoms with Crippen molar-refractivity contribution in [2.45, 2.75) is 43.9 Å². The molecule has 7 amide bonds. The first kappa shape index (κ1) is 46.7. The molecule has 25 heteroatoms. The van der Waals surface area contributed by atoms with Crippen molar-refractivity contribution in [3.63, 3.8) is 0 Å². The second-order valence-corrected chi connectivity index (χ2v) is 15.1. The van der Waals surface area contributed by atoms with E-state index in [0.717, 1.165) is 11.2 Å². The Kier molecular flexibility index (Phi) is 14.7. The van der Waals surface area contributed by atoms with Gasteiger partial charge in [-0.05, 0) is 43.5 Å². The Bertz CT molecular complexity index is 2490. The number of amides is 7. The fraction of sp³-hybridized carbons (Fsp3) is 0.415. The fourth-order valence-electron chi connectivity index (χ4n) is 7.39. The van der Waals surface area contributed by atoms with E-state index in [4.69, 9.17) is 24.4 Å². The lowest BCUT2D eigenvalue weighted by Gasteiger charge is -2.32. The van der Waals surface area contributed by atoms with Crippen molar-refractivity contribution < 1.29 is 65.4 Å². The number of ether oxygens (including phenoxy) is 3. The Hall–Kier alpha value is -7.25. The highest BCUT2D eigenvalue weighted by Crippen LogP contribution is 2.33. The van der Waals surface area contributed by atoms with Crippen LogP contribution in [0.4, 0.5) is 30.4 Å². The van der Waals surface area contributed by atoms with Gasteiger partial charge in [0.2, 0.25) is 23.6 Å². The van der Waals surface area contributed by atoms with Gasteiger partial charge in [-0.25, -0.2) is 9.97 Å². The number of benzene rings is 1. The average molecular weight is 924 g/mol. The van der Waals surface area contributed by atoms with Gasteiger partial charge in [0.25, 0.3) is 23.6 Å². The molecular weight excluding hydrogens is 880 g/mol. The molecule has 0 spiro atoms. The molecule has 350 valence electrons. The van der Waals surface area contributed by atoms with Gasteiger partial charge in [-0.2, -0.15) is 18.3 Å². The number of halogens is 3. The molecular formula is C41H44F3N11O11. The lowest BCUT2D eigenvalue weighted by atomic mass is 10.0.